The maximum Gasteiger partial charge on any atom is 0.306 e. The number of rotatable bonds is 5. The fourth-order valence-corrected chi connectivity index (χ4v) is 3.64. The van der Waals surface area contributed by atoms with Crippen molar-refractivity contribution in [1.82, 2.24) is 4.98 Å². The van der Waals surface area contributed by atoms with Crippen molar-refractivity contribution in [1.29, 1.82) is 0 Å². The number of fused-ring (bicyclic) bond motifs is 1. The normalized spacial score (nSPS) is 14.0. The third-order valence-electron chi connectivity index (χ3n) is 4.32. The summed E-state index contributed by atoms with van der Waals surface area (Å²) in [6.45, 7) is 0. The van der Waals surface area contributed by atoms with E-state index in [4.69, 9.17) is 9.47 Å². The first-order chi connectivity index (χ1) is 14.1. The molecule has 0 saturated carbocycles. The smallest absolute Gasteiger partial charge is 0.306 e. The van der Waals surface area contributed by atoms with Crippen molar-refractivity contribution in [2.75, 3.05) is 19.5 Å². The molecule has 8 heteroatoms. The highest BCUT2D eigenvalue weighted by atomic mass is 32.1. The van der Waals surface area contributed by atoms with Crippen molar-refractivity contribution in [2.24, 2.45) is 4.99 Å². The molecule has 0 atom stereocenters. The summed E-state index contributed by atoms with van der Waals surface area (Å²) in [6.07, 6.45) is 3.41. The summed E-state index contributed by atoms with van der Waals surface area (Å²) in [5.41, 5.74) is 1.14. The lowest BCUT2D eigenvalue weighted by molar-refractivity contribution is -0.114. The van der Waals surface area contributed by atoms with Gasteiger partial charge in [0, 0.05) is 28.6 Å². The van der Waals surface area contributed by atoms with Crippen molar-refractivity contribution in [3.63, 3.8) is 0 Å². The van der Waals surface area contributed by atoms with Gasteiger partial charge in [-0.25, -0.2) is 4.99 Å². The molecule has 0 saturated heterocycles. The van der Waals surface area contributed by atoms with Crippen molar-refractivity contribution in [3.05, 3.63) is 73.2 Å². The van der Waals surface area contributed by atoms with E-state index >= 15 is 0 Å². The number of anilines is 2. The van der Waals surface area contributed by atoms with Gasteiger partial charge >= 0.3 is 4.87 Å². The molecule has 2 aromatic carbocycles. The highest BCUT2D eigenvalue weighted by Crippen LogP contribution is 2.26. The molecule has 0 aliphatic carbocycles. The van der Waals surface area contributed by atoms with Gasteiger partial charge < -0.3 is 14.8 Å². The van der Waals surface area contributed by atoms with Gasteiger partial charge in [-0.2, -0.15) is 0 Å². The van der Waals surface area contributed by atoms with Gasteiger partial charge in [-0.15, -0.1) is 0 Å². The molecule has 1 aliphatic rings. The van der Waals surface area contributed by atoms with Gasteiger partial charge in [0.25, 0.3) is 5.91 Å². The Hall–Kier alpha value is -3.65. The SMILES string of the molecule is COc1cccc(Nc2[nH]c(=O)sc2/C=C2/C=c3ccc(OC)cc3=NC2=O)c1. The number of H-pyrrole nitrogens is 1. The average molecular weight is 407 g/mol. The summed E-state index contributed by atoms with van der Waals surface area (Å²) in [4.78, 5) is 31.7. The Morgan fingerprint density at radius 1 is 1.07 bits per heavy atom. The molecule has 2 N–H and O–H groups in total. The predicted octanol–water partition coefficient (Wildman–Crippen LogP) is 2.22. The van der Waals surface area contributed by atoms with Gasteiger partial charge in [0.1, 0.15) is 17.3 Å². The Balaban J connectivity index is 1.72. The van der Waals surface area contributed by atoms with Crippen LogP contribution in [0.3, 0.4) is 0 Å². The number of amides is 1. The number of methoxy groups -OCH3 is 2. The number of hydrogen-bond donors (Lipinski definition) is 2. The number of aromatic nitrogens is 1. The van der Waals surface area contributed by atoms with Crippen LogP contribution in [0.4, 0.5) is 11.5 Å². The minimum absolute atomic E-state index is 0.229. The highest BCUT2D eigenvalue weighted by molar-refractivity contribution is 7.10. The molecule has 2 heterocycles. The van der Waals surface area contributed by atoms with Crippen LogP contribution in [-0.4, -0.2) is 25.1 Å². The maximum absolute atomic E-state index is 12.5. The largest absolute Gasteiger partial charge is 0.497 e. The first-order valence-electron chi connectivity index (χ1n) is 8.70. The highest BCUT2D eigenvalue weighted by Gasteiger charge is 2.14. The van der Waals surface area contributed by atoms with E-state index in [1.807, 2.05) is 36.4 Å². The summed E-state index contributed by atoms with van der Waals surface area (Å²) in [5.74, 6) is 1.45. The lowest BCUT2D eigenvalue weighted by Gasteiger charge is -2.08. The van der Waals surface area contributed by atoms with Gasteiger partial charge in [-0.3, -0.25) is 14.6 Å². The molecule has 1 aromatic heterocycles. The number of carbonyl (C=O) groups is 1. The minimum Gasteiger partial charge on any atom is -0.497 e. The molecule has 4 rings (SSSR count). The molecule has 0 fully saturated rings. The average Bonchev–Trinajstić information content (AvgIpc) is 3.06. The second-order valence-electron chi connectivity index (χ2n) is 6.20. The zero-order valence-corrected chi connectivity index (χ0v) is 16.5. The Morgan fingerprint density at radius 2 is 1.86 bits per heavy atom. The summed E-state index contributed by atoms with van der Waals surface area (Å²) >= 11 is 1.01. The standard InChI is InChI=1S/C21H17N3O4S/c1-27-15-5-3-4-14(10-15)22-19-18(29-21(26)24-19)9-13-8-12-6-7-16(28-2)11-17(12)23-20(13)25/h3-11,22H,1-2H3,(H,24,26)/b13-9-. The number of aromatic amines is 1. The summed E-state index contributed by atoms with van der Waals surface area (Å²) < 4.78 is 10.4. The van der Waals surface area contributed by atoms with E-state index in [1.165, 1.54) is 0 Å². The van der Waals surface area contributed by atoms with Crippen LogP contribution in [0.5, 0.6) is 11.5 Å². The van der Waals surface area contributed by atoms with Gasteiger partial charge in [0.15, 0.2) is 0 Å². The Kier molecular flexibility index (Phi) is 5.01. The van der Waals surface area contributed by atoms with Crippen molar-refractivity contribution in [2.45, 2.75) is 0 Å². The van der Waals surface area contributed by atoms with Crippen LogP contribution in [0.15, 0.2) is 57.8 Å². The van der Waals surface area contributed by atoms with Crippen molar-refractivity contribution < 1.29 is 14.3 Å². The van der Waals surface area contributed by atoms with Crippen molar-refractivity contribution >= 4 is 40.9 Å². The maximum atomic E-state index is 12.5. The zero-order chi connectivity index (χ0) is 20.4. The van der Waals surface area contributed by atoms with Crippen LogP contribution in [0.1, 0.15) is 4.88 Å². The van der Waals surface area contributed by atoms with Crippen molar-refractivity contribution in [3.8, 4) is 11.5 Å². The molecular weight excluding hydrogens is 390 g/mol. The number of hydrogen-bond acceptors (Lipinski definition) is 6. The van der Waals surface area contributed by atoms with E-state index in [0.29, 0.717) is 33.1 Å². The first kappa shape index (κ1) is 18.7. The quantitative estimate of drug-likeness (QED) is 0.633. The number of nitrogens with zero attached hydrogens (tertiary/aromatic N) is 1. The Morgan fingerprint density at radius 3 is 2.66 bits per heavy atom. The summed E-state index contributed by atoms with van der Waals surface area (Å²) in [7, 11) is 3.15. The molecule has 1 amide bonds. The number of carbonyl (C=O) groups excluding carboxylic acids is 1. The number of benzene rings is 2. The fourth-order valence-electron chi connectivity index (χ4n) is 2.90. The summed E-state index contributed by atoms with van der Waals surface area (Å²) in [5, 5.41) is 4.53. The second-order valence-corrected chi connectivity index (χ2v) is 7.21. The summed E-state index contributed by atoms with van der Waals surface area (Å²) in [6, 6.07) is 12.7. The lowest BCUT2D eigenvalue weighted by Crippen LogP contribution is -2.30. The van der Waals surface area contributed by atoms with Crippen LogP contribution in [0.25, 0.3) is 12.2 Å². The van der Waals surface area contributed by atoms with Gasteiger partial charge in [-0.1, -0.05) is 17.4 Å². The molecule has 0 radical (unpaired) electrons. The topological polar surface area (TPSA) is 92.8 Å². The zero-order valence-electron chi connectivity index (χ0n) is 15.7. The molecule has 29 heavy (non-hydrogen) atoms. The second kappa shape index (κ2) is 7.76. The van der Waals surface area contributed by atoms with E-state index < -0.39 is 0 Å². The molecule has 7 nitrogen and oxygen atoms in total. The molecule has 0 unspecified atom stereocenters. The van der Waals surface area contributed by atoms with Crippen LogP contribution < -0.4 is 30.2 Å². The van der Waals surface area contributed by atoms with Gasteiger partial charge in [0.05, 0.1) is 24.5 Å². The number of thiazole rings is 1. The van der Waals surface area contributed by atoms with Crippen LogP contribution in [-0.2, 0) is 4.79 Å². The number of nitrogens with one attached hydrogen (secondary N) is 2. The molecule has 0 spiro atoms. The Bertz CT molecular complexity index is 1300. The van der Waals surface area contributed by atoms with Crippen LogP contribution in [0, 0.1) is 0 Å². The fraction of sp³-hybridized carbons (Fsp3) is 0.0952. The van der Waals surface area contributed by atoms with E-state index in [0.717, 1.165) is 22.2 Å². The molecule has 0 bridgehead atoms. The van der Waals surface area contributed by atoms with E-state index in [1.54, 1.807) is 32.4 Å². The third kappa shape index (κ3) is 3.97. The van der Waals surface area contributed by atoms with E-state index in [9.17, 15) is 9.59 Å². The molecule has 1 aliphatic heterocycles. The van der Waals surface area contributed by atoms with Gasteiger partial charge in [0.2, 0.25) is 0 Å². The third-order valence-corrected chi connectivity index (χ3v) is 5.15. The van der Waals surface area contributed by atoms with Crippen LogP contribution >= 0.6 is 11.3 Å². The Labute approximate surface area is 169 Å². The monoisotopic (exact) mass is 407 g/mol. The van der Waals surface area contributed by atoms with Gasteiger partial charge in [-0.05, 0) is 36.4 Å². The predicted molar refractivity (Wildman–Crippen MR) is 112 cm³/mol. The van der Waals surface area contributed by atoms with E-state index in [2.05, 4.69) is 15.3 Å². The number of ether oxygens (including phenoxy) is 2. The van der Waals surface area contributed by atoms with Crippen LogP contribution in [0.2, 0.25) is 0 Å². The lowest BCUT2D eigenvalue weighted by atomic mass is 10.1. The van der Waals surface area contributed by atoms with E-state index in [-0.39, 0.29) is 10.8 Å². The molecule has 146 valence electrons. The minimum atomic E-state index is -0.376. The first-order valence-corrected chi connectivity index (χ1v) is 9.52. The molecule has 3 aromatic rings. The molecular formula is C21H17N3O4S.